The molecule has 1 fully saturated rings. The highest BCUT2D eigenvalue weighted by Gasteiger charge is 2.21. The highest BCUT2D eigenvalue weighted by Crippen LogP contribution is 2.26. The van der Waals surface area contributed by atoms with Gasteiger partial charge in [-0.3, -0.25) is 4.79 Å². The lowest BCUT2D eigenvalue weighted by molar-refractivity contribution is -0.115. The van der Waals surface area contributed by atoms with Crippen LogP contribution in [0.1, 0.15) is 16.7 Å². The summed E-state index contributed by atoms with van der Waals surface area (Å²) < 4.78 is 6.20. The fourth-order valence-electron chi connectivity index (χ4n) is 2.07. The van der Waals surface area contributed by atoms with E-state index in [-0.39, 0.29) is 5.91 Å². The number of benzene rings is 2. The van der Waals surface area contributed by atoms with Gasteiger partial charge < -0.3 is 10.1 Å². The number of thioether (sulfide) groups is 1. The highest BCUT2D eigenvalue weighted by molar-refractivity contribution is 8.26. The minimum Gasteiger partial charge on any atom is -0.489 e. The third-order valence-electron chi connectivity index (χ3n) is 3.31. The lowest BCUT2D eigenvalue weighted by atomic mass is 10.1. The monoisotopic (exact) mass is 352 g/mol. The first-order valence-electron chi connectivity index (χ1n) is 7.11. The molecule has 1 aliphatic heterocycles. The molecule has 1 N–H and O–H groups in total. The summed E-state index contributed by atoms with van der Waals surface area (Å²) >= 11 is 6.22. The molecule has 0 aromatic heterocycles. The summed E-state index contributed by atoms with van der Waals surface area (Å²) in [7, 11) is 0. The Balaban J connectivity index is 1.62. The minimum absolute atomic E-state index is 0.161. The molecule has 2 aromatic carbocycles. The molecule has 1 heterocycles. The second-order valence-electron chi connectivity index (χ2n) is 5.02. The highest BCUT2D eigenvalue weighted by atomic mass is 32.2. The van der Waals surface area contributed by atoms with Crippen LogP contribution in [0.4, 0.5) is 0 Å². The van der Waals surface area contributed by atoms with Gasteiger partial charge in [0.1, 0.15) is 16.7 Å². The molecule has 0 saturated carbocycles. The van der Waals surface area contributed by atoms with E-state index >= 15 is 0 Å². The van der Waals surface area contributed by atoms with Crippen LogP contribution in [0.2, 0.25) is 0 Å². The number of amides is 1. The number of ether oxygens (including phenoxy) is 1. The Morgan fingerprint density at radius 2 is 1.88 bits per heavy atom. The Hall–Kier alpha value is -2.62. The van der Waals surface area contributed by atoms with E-state index in [1.54, 1.807) is 18.2 Å². The van der Waals surface area contributed by atoms with Gasteiger partial charge in [0.05, 0.1) is 16.5 Å². The summed E-state index contributed by atoms with van der Waals surface area (Å²) in [6, 6.07) is 16.8. The molecule has 3 rings (SSSR count). The van der Waals surface area contributed by atoms with Gasteiger partial charge in [-0.25, -0.2) is 0 Å². The van der Waals surface area contributed by atoms with Crippen LogP contribution in [-0.2, 0) is 11.4 Å². The van der Waals surface area contributed by atoms with Gasteiger partial charge in [0.25, 0.3) is 5.91 Å². The van der Waals surface area contributed by atoms with Crippen LogP contribution in [0.3, 0.4) is 0 Å². The fraction of sp³-hybridized carbons (Fsp3) is 0.0556. The zero-order chi connectivity index (χ0) is 16.9. The van der Waals surface area contributed by atoms with Crippen molar-refractivity contribution in [1.29, 1.82) is 5.26 Å². The number of carbonyl (C=O) groups excluding carboxylic acids is 1. The smallest absolute Gasteiger partial charge is 0.263 e. The van der Waals surface area contributed by atoms with Gasteiger partial charge in [0, 0.05) is 0 Å². The van der Waals surface area contributed by atoms with Crippen LogP contribution in [0, 0.1) is 11.3 Å². The predicted molar refractivity (Wildman–Crippen MR) is 98.2 cm³/mol. The van der Waals surface area contributed by atoms with Gasteiger partial charge in [-0.15, -0.1) is 0 Å². The summed E-state index contributed by atoms with van der Waals surface area (Å²) in [6.45, 7) is 0.429. The predicted octanol–water partition coefficient (Wildman–Crippen LogP) is 3.63. The van der Waals surface area contributed by atoms with Gasteiger partial charge >= 0.3 is 0 Å². The number of nitrogens with zero attached hydrogens (tertiary/aromatic N) is 1. The van der Waals surface area contributed by atoms with Gasteiger partial charge in [-0.2, -0.15) is 5.26 Å². The summed E-state index contributed by atoms with van der Waals surface area (Å²) in [5.41, 5.74) is 2.53. The van der Waals surface area contributed by atoms with E-state index < -0.39 is 0 Å². The van der Waals surface area contributed by atoms with E-state index in [4.69, 9.17) is 22.2 Å². The van der Waals surface area contributed by atoms with Crippen molar-refractivity contribution in [1.82, 2.24) is 5.32 Å². The second kappa shape index (κ2) is 7.30. The molecule has 2 aromatic rings. The Bertz CT molecular complexity index is 850. The zero-order valence-electron chi connectivity index (χ0n) is 12.5. The van der Waals surface area contributed by atoms with Crippen LogP contribution in [0.25, 0.3) is 6.08 Å². The fourth-order valence-corrected chi connectivity index (χ4v) is 3.12. The Morgan fingerprint density at radius 3 is 2.46 bits per heavy atom. The van der Waals surface area contributed by atoms with Crippen molar-refractivity contribution in [2.75, 3.05) is 0 Å². The molecule has 0 unspecified atom stereocenters. The normalized spacial score (nSPS) is 15.2. The van der Waals surface area contributed by atoms with Gasteiger partial charge in [-0.1, -0.05) is 48.2 Å². The quantitative estimate of drug-likeness (QED) is 0.672. The lowest BCUT2D eigenvalue weighted by Gasteiger charge is -2.06. The number of thiocarbonyl (C=S) groups is 1. The van der Waals surface area contributed by atoms with Crippen molar-refractivity contribution in [3.63, 3.8) is 0 Å². The molecule has 118 valence electrons. The van der Waals surface area contributed by atoms with Crippen LogP contribution < -0.4 is 10.1 Å². The van der Waals surface area contributed by atoms with Crippen molar-refractivity contribution >= 4 is 40.3 Å². The molecule has 0 spiro atoms. The van der Waals surface area contributed by atoms with E-state index in [2.05, 4.69) is 11.4 Å². The molecule has 0 aliphatic carbocycles. The molecule has 0 radical (unpaired) electrons. The number of nitriles is 1. The molecular weight excluding hydrogens is 340 g/mol. The van der Waals surface area contributed by atoms with Crippen molar-refractivity contribution in [2.45, 2.75) is 6.61 Å². The SMILES string of the molecule is N#Cc1ccc(COc2ccc(C=C3SC(=S)NC3=O)cc2)cc1. The summed E-state index contributed by atoms with van der Waals surface area (Å²) in [6.07, 6.45) is 1.80. The maximum Gasteiger partial charge on any atom is 0.263 e. The van der Waals surface area contributed by atoms with Gasteiger partial charge in [0.2, 0.25) is 0 Å². The third-order valence-corrected chi connectivity index (χ3v) is 4.47. The minimum atomic E-state index is -0.161. The van der Waals surface area contributed by atoms with Crippen molar-refractivity contribution in [3.05, 3.63) is 70.1 Å². The van der Waals surface area contributed by atoms with Crippen LogP contribution >= 0.6 is 24.0 Å². The summed E-state index contributed by atoms with van der Waals surface area (Å²) in [5, 5.41) is 11.4. The molecule has 24 heavy (non-hydrogen) atoms. The van der Waals surface area contributed by atoms with E-state index in [0.29, 0.717) is 21.4 Å². The molecular formula is C18H12N2O2S2. The van der Waals surface area contributed by atoms with E-state index in [9.17, 15) is 4.79 Å². The average Bonchev–Trinajstić information content (AvgIpc) is 2.92. The largest absolute Gasteiger partial charge is 0.489 e. The maximum absolute atomic E-state index is 11.6. The number of rotatable bonds is 4. The molecule has 1 amide bonds. The molecule has 0 bridgehead atoms. The number of hydrogen-bond acceptors (Lipinski definition) is 5. The van der Waals surface area contributed by atoms with E-state index in [1.807, 2.05) is 36.4 Å². The molecule has 0 atom stereocenters. The number of carbonyl (C=O) groups is 1. The average molecular weight is 352 g/mol. The first-order chi connectivity index (χ1) is 11.6. The summed E-state index contributed by atoms with van der Waals surface area (Å²) in [4.78, 5) is 12.2. The Kier molecular flexibility index (Phi) is 4.94. The van der Waals surface area contributed by atoms with Crippen molar-refractivity contribution in [3.8, 4) is 11.8 Å². The van der Waals surface area contributed by atoms with Crippen molar-refractivity contribution < 1.29 is 9.53 Å². The zero-order valence-corrected chi connectivity index (χ0v) is 14.1. The number of hydrogen-bond donors (Lipinski definition) is 1. The topological polar surface area (TPSA) is 62.1 Å². The van der Waals surface area contributed by atoms with Gasteiger partial charge in [0.15, 0.2) is 0 Å². The Labute approximate surface area is 149 Å². The second-order valence-corrected chi connectivity index (χ2v) is 6.74. The van der Waals surface area contributed by atoms with Crippen molar-refractivity contribution in [2.24, 2.45) is 0 Å². The summed E-state index contributed by atoms with van der Waals surface area (Å²) in [5.74, 6) is 0.576. The third kappa shape index (κ3) is 4.02. The van der Waals surface area contributed by atoms with Crippen LogP contribution in [0.15, 0.2) is 53.4 Å². The maximum atomic E-state index is 11.6. The van der Waals surface area contributed by atoms with Crippen LogP contribution in [-0.4, -0.2) is 10.2 Å². The standard InChI is InChI=1S/C18H12N2O2S2/c19-10-13-1-3-14(4-2-13)11-22-15-7-5-12(6-8-15)9-16-17(21)20-18(23)24-16/h1-9H,11H2,(H,20,21,23). The molecule has 1 saturated heterocycles. The Morgan fingerprint density at radius 1 is 1.17 bits per heavy atom. The van der Waals surface area contributed by atoms with E-state index in [1.165, 1.54) is 11.8 Å². The molecule has 1 aliphatic rings. The molecule has 6 heteroatoms. The van der Waals surface area contributed by atoms with Gasteiger partial charge in [-0.05, 0) is 41.5 Å². The first-order valence-corrected chi connectivity index (χ1v) is 8.33. The van der Waals surface area contributed by atoms with Crippen LogP contribution in [0.5, 0.6) is 5.75 Å². The number of nitrogens with one attached hydrogen (secondary N) is 1. The van der Waals surface area contributed by atoms with E-state index in [0.717, 1.165) is 16.9 Å². The molecule has 4 nitrogen and oxygen atoms in total. The lowest BCUT2D eigenvalue weighted by Crippen LogP contribution is -2.17. The first kappa shape index (κ1) is 16.2.